The Balaban J connectivity index is 3.59. The smallest absolute Gasteiger partial charge is 0.00723 e. The van der Waals surface area contributed by atoms with Crippen molar-refractivity contribution in [2.45, 2.75) is 117 Å². The quantitative estimate of drug-likeness (QED) is 0.391. The normalized spacial score (nSPS) is 13.7. The minimum absolute atomic E-state index is 0.670. The molecule has 0 saturated heterocycles. The van der Waals surface area contributed by atoms with Gasteiger partial charge in [-0.25, -0.2) is 0 Å². The largest absolute Gasteiger partial charge is 0.296 e. The fourth-order valence-corrected chi connectivity index (χ4v) is 3.34. The summed E-state index contributed by atoms with van der Waals surface area (Å²) in [5.41, 5.74) is 0. The summed E-state index contributed by atoms with van der Waals surface area (Å²) >= 11 is 0. The Morgan fingerprint density at radius 2 is 1.05 bits per heavy atom. The van der Waals surface area contributed by atoms with Crippen LogP contribution in [0.5, 0.6) is 0 Å². The molecule has 0 rings (SSSR count). The van der Waals surface area contributed by atoms with Crippen LogP contribution in [-0.2, 0) is 0 Å². The Bertz CT molecular complexity index is 178. The molecule has 0 fully saturated rings. The zero-order valence-electron chi connectivity index (χ0n) is 14.5. The van der Waals surface area contributed by atoms with Crippen LogP contribution >= 0.6 is 0 Å². The van der Waals surface area contributed by atoms with Gasteiger partial charge in [0.2, 0.25) is 0 Å². The molecule has 0 N–H and O–H groups in total. The fourth-order valence-electron chi connectivity index (χ4n) is 3.34. The maximum atomic E-state index is 2.65. The lowest BCUT2D eigenvalue weighted by Gasteiger charge is -2.36. The van der Waals surface area contributed by atoms with E-state index in [0.29, 0.717) is 12.1 Å². The zero-order chi connectivity index (χ0) is 14.7. The summed E-state index contributed by atoms with van der Waals surface area (Å²) in [7, 11) is 0. The minimum Gasteiger partial charge on any atom is -0.296 e. The van der Waals surface area contributed by atoms with E-state index in [4.69, 9.17) is 0 Å². The van der Waals surface area contributed by atoms with Gasteiger partial charge >= 0.3 is 0 Å². The second-order valence-corrected chi connectivity index (χ2v) is 6.75. The Morgan fingerprint density at radius 3 is 1.47 bits per heavy atom. The number of nitrogens with zero attached hydrogens (tertiary/aromatic N) is 1. The summed E-state index contributed by atoms with van der Waals surface area (Å²) in [5, 5.41) is 0. The van der Waals surface area contributed by atoms with E-state index >= 15 is 0 Å². The van der Waals surface area contributed by atoms with Gasteiger partial charge in [0.15, 0.2) is 0 Å². The first kappa shape index (κ1) is 19.0. The molecule has 1 unspecified atom stereocenters. The van der Waals surface area contributed by atoms with E-state index in [1.807, 2.05) is 0 Å². The number of unbranched alkanes of at least 4 members (excludes halogenated alkanes) is 7. The Morgan fingerprint density at radius 1 is 0.632 bits per heavy atom. The summed E-state index contributed by atoms with van der Waals surface area (Å²) in [6.07, 6.45) is 12.8. The lowest BCUT2D eigenvalue weighted by atomic mass is 10.0. The first-order valence-corrected chi connectivity index (χ1v) is 8.78. The summed E-state index contributed by atoms with van der Waals surface area (Å²) < 4.78 is 0. The molecule has 0 spiro atoms. The third kappa shape index (κ3) is 9.49. The number of hydrogen-bond acceptors (Lipinski definition) is 1. The molecule has 0 saturated carbocycles. The van der Waals surface area contributed by atoms with Crippen LogP contribution in [-0.4, -0.2) is 23.0 Å². The van der Waals surface area contributed by atoms with E-state index in [1.54, 1.807) is 0 Å². The molecule has 0 aliphatic rings. The van der Waals surface area contributed by atoms with Crippen molar-refractivity contribution in [1.29, 1.82) is 0 Å². The summed E-state index contributed by atoms with van der Waals surface area (Å²) in [5.74, 6) is 0. The molecule has 0 radical (unpaired) electrons. The Labute approximate surface area is 123 Å². The van der Waals surface area contributed by atoms with E-state index in [1.165, 1.54) is 57.8 Å². The molecule has 116 valence electrons. The van der Waals surface area contributed by atoms with Crippen LogP contribution in [0, 0.1) is 0 Å². The standard InChI is InChI=1S/C18H39N/c1-7-8-9-10-11-12-13-14-15-18(6)19(16(2)3)17(4)5/h16-18H,7-15H2,1-6H3. The molecule has 1 nitrogen and oxygen atoms in total. The average molecular weight is 270 g/mol. The number of hydrogen-bond donors (Lipinski definition) is 0. The van der Waals surface area contributed by atoms with Crippen LogP contribution < -0.4 is 0 Å². The average Bonchev–Trinajstić information content (AvgIpc) is 2.31. The van der Waals surface area contributed by atoms with Gasteiger partial charge in [-0.1, -0.05) is 58.3 Å². The molecule has 1 atom stereocenters. The molecule has 0 aliphatic carbocycles. The van der Waals surface area contributed by atoms with Crippen LogP contribution in [0.4, 0.5) is 0 Å². The van der Waals surface area contributed by atoms with Crippen molar-refractivity contribution in [2.24, 2.45) is 0 Å². The molecule has 0 amide bonds. The molecule has 0 bridgehead atoms. The van der Waals surface area contributed by atoms with E-state index in [0.717, 1.165) is 6.04 Å². The van der Waals surface area contributed by atoms with Gasteiger partial charge in [-0.05, 0) is 41.0 Å². The van der Waals surface area contributed by atoms with E-state index in [2.05, 4.69) is 46.4 Å². The van der Waals surface area contributed by atoms with E-state index < -0.39 is 0 Å². The summed E-state index contributed by atoms with van der Waals surface area (Å²) in [4.78, 5) is 2.65. The molecule has 0 aromatic rings. The van der Waals surface area contributed by atoms with Gasteiger partial charge in [0, 0.05) is 18.1 Å². The van der Waals surface area contributed by atoms with E-state index in [-0.39, 0.29) is 0 Å². The first-order valence-electron chi connectivity index (χ1n) is 8.78. The van der Waals surface area contributed by atoms with Gasteiger partial charge < -0.3 is 0 Å². The van der Waals surface area contributed by atoms with Crippen LogP contribution in [0.15, 0.2) is 0 Å². The van der Waals surface area contributed by atoms with Crippen molar-refractivity contribution in [1.82, 2.24) is 4.90 Å². The first-order chi connectivity index (χ1) is 9.00. The van der Waals surface area contributed by atoms with Gasteiger partial charge in [-0.3, -0.25) is 4.90 Å². The van der Waals surface area contributed by atoms with Crippen molar-refractivity contribution in [3.05, 3.63) is 0 Å². The van der Waals surface area contributed by atoms with Crippen molar-refractivity contribution in [3.63, 3.8) is 0 Å². The third-order valence-electron chi connectivity index (χ3n) is 4.18. The monoisotopic (exact) mass is 269 g/mol. The van der Waals surface area contributed by atoms with Crippen LogP contribution in [0.1, 0.15) is 99.3 Å². The predicted molar refractivity (Wildman–Crippen MR) is 88.8 cm³/mol. The molecule has 0 aliphatic heterocycles. The highest BCUT2D eigenvalue weighted by atomic mass is 15.2. The zero-order valence-corrected chi connectivity index (χ0v) is 14.5. The summed E-state index contributed by atoms with van der Waals surface area (Å²) in [6.45, 7) is 14.0. The molecule has 0 aromatic carbocycles. The second-order valence-electron chi connectivity index (χ2n) is 6.75. The molecule has 19 heavy (non-hydrogen) atoms. The van der Waals surface area contributed by atoms with Crippen molar-refractivity contribution in [2.75, 3.05) is 0 Å². The van der Waals surface area contributed by atoms with Crippen molar-refractivity contribution < 1.29 is 0 Å². The Kier molecular flexibility index (Phi) is 11.7. The summed E-state index contributed by atoms with van der Waals surface area (Å²) in [6, 6.07) is 2.08. The minimum atomic E-state index is 0.670. The molecular weight excluding hydrogens is 230 g/mol. The third-order valence-corrected chi connectivity index (χ3v) is 4.18. The van der Waals surface area contributed by atoms with Gasteiger partial charge in [0.25, 0.3) is 0 Å². The molecule has 1 heteroatoms. The number of rotatable bonds is 12. The highest BCUT2D eigenvalue weighted by Crippen LogP contribution is 2.17. The van der Waals surface area contributed by atoms with Gasteiger partial charge in [0.1, 0.15) is 0 Å². The predicted octanol–water partition coefficient (Wildman–Crippen LogP) is 6.02. The van der Waals surface area contributed by atoms with Crippen molar-refractivity contribution >= 4 is 0 Å². The lowest BCUT2D eigenvalue weighted by Crippen LogP contribution is -2.43. The highest BCUT2D eigenvalue weighted by molar-refractivity contribution is 4.74. The SMILES string of the molecule is CCCCCCCCCCC(C)N(C(C)C)C(C)C. The second kappa shape index (κ2) is 11.8. The van der Waals surface area contributed by atoms with Gasteiger partial charge in [-0.15, -0.1) is 0 Å². The highest BCUT2D eigenvalue weighted by Gasteiger charge is 2.19. The lowest BCUT2D eigenvalue weighted by molar-refractivity contribution is 0.115. The fraction of sp³-hybridized carbons (Fsp3) is 1.00. The molecular formula is C18H39N. The molecule has 0 heterocycles. The van der Waals surface area contributed by atoms with Crippen LogP contribution in [0.25, 0.3) is 0 Å². The van der Waals surface area contributed by atoms with Crippen molar-refractivity contribution in [3.8, 4) is 0 Å². The topological polar surface area (TPSA) is 3.24 Å². The Hall–Kier alpha value is -0.0400. The van der Waals surface area contributed by atoms with E-state index in [9.17, 15) is 0 Å². The van der Waals surface area contributed by atoms with Crippen LogP contribution in [0.2, 0.25) is 0 Å². The van der Waals surface area contributed by atoms with Gasteiger partial charge in [-0.2, -0.15) is 0 Å². The van der Waals surface area contributed by atoms with Gasteiger partial charge in [0.05, 0.1) is 0 Å². The maximum absolute atomic E-state index is 2.65. The maximum Gasteiger partial charge on any atom is 0.00723 e. The molecule has 0 aromatic heterocycles. The van der Waals surface area contributed by atoms with Crippen LogP contribution in [0.3, 0.4) is 0 Å².